The van der Waals surface area contributed by atoms with E-state index in [1.54, 1.807) is 6.21 Å². The molecule has 0 atom stereocenters. The van der Waals surface area contributed by atoms with E-state index in [0.29, 0.717) is 25.5 Å². The second-order valence-corrected chi connectivity index (χ2v) is 8.91. The number of hydrazone groups is 1. The molecule has 1 N–H and O–H groups in total. The first-order valence-corrected chi connectivity index (χ1v) is 11.6. The fourth-order valence-corrected chi connectivity index (χ4v) is 3.83. The van der Waals surface area contributed by atoms with Crippen LogP contribution in [0.15, 0.2) is 70.2 Å². The highest BCUT2D eigenvalue weighted by atomic mass is 127. The van der Waals surface area contributed by atoms with Gasteiger partial charge in [-0.05, 0) is 82.6 Å². The van der Waals surface area contributed by atoms with Gasteiger partial charge in [0.25, 0.3) is 0 Å². The highest BCUT2D eigenvalue weighted by Crippen LogP contribution is 2.34. The Morgan fingerprint density at radius 2 is 1.73 bits per heavy atom. The molecule has 3 aromatic rings. The van der Waals surface area contributed by atoms with Gasteiger partial charge in [-0.2, -0.15) is 5.10 Å². The zero-order valence-corrected chi connectivity index (χ0v) is 20.9. The second-order valence-electron chi connectivity index (χ2n) is 6.40. The monoisotopic (exact) mass is 598 g/mol. The van der Waals surface area contributed by atoms with Crippen LogP contribution in [0.5, 0.6) is 11.5 Å². The normalized spacial score (nSPS) is 10.9. The molecule has 0 aromatic heterocycles. The summed E-state index contributed by atoms with van der Waals surface area (Å²) in [7, 11) is 0. The number of ether oxygens (including phenoxy) is 2. The molecule has 7 heteroatoms. The van der Waals surface area contributed by atoms with Crippen LogP contribution in [0.4, 0.5) is 0 Å². The fraction of sp³-hybridized carbons (Fsp3) is 0.174. The third-order valence-electron chi connectivity index (χ3n) is 4.13. The predicted molar refractivity (Wildman–Crippen MR) is 135 cm³/mol. The summed E-state index contributed by atoms with van der Waals surface area (Å²) in [5, 5.41) is 5.05. The van der Waals surface area contributed by atoms with Gasteiger partial charge in [0, 0.05) is 9.50 Å². The van der Waals surface area contributed by atoms with E-state index in [1.807, 2.05) is 67.6 Å². The van der Waals surface area contributed by atoms with E-state index < -0.39 is 0 Å². The molecule has 3 aromatic carbocycles. The minimum Gasteiger partial charge on any atom is -0.490 e. The first-order valence-electron chi connectivity index (χ1n) is 9.39. The Bertz CT molecular complexity index is 995. The van der Waals surface area contributed by atoms with Crippen LogP contribution in [0.1, 0.15) is 23.6 Å². The van der Waals surface area contributed by atoms with Crippen molar-refractivity contribution in [1.29, 1.82) is 0 Å². The summed E-state index contributed by atoms with van der Waals surface area (Å²) in [5.41, 5.74) is 6.19. The molecule has 0 bridgehead atoms. The number of nitrogens with zero attached hydrogens (tertiary/aromatic N) is 1. The van der Waals surface area contributed by atoms with E-state index in [9.17, 15) is 0 Å². The highest BCUT2D eigenvalue weighted by molar-refractivity contribution is 14.1. The third kappa shape index (κ3) is 6.89. The molecule has 156 valence electrons. The van der Waals surface area contributed by atoms with Crippen molar-refractivity contribution in [3.63, 3.8) is 0 Å². The maximum Gasteiger partial charge on any atom is 0.175 e. The standard InChI is InChI=1S/C23H21BrClIN2O2/c1-2-29-22-12-18(14-28-27-13-16-5-9-20(25)10-6-16)11-21(26)23(22)30-15-17-3-7-19(24)8-4-17/h3-12,14,27H,2,13,15H2,1H3/b28-14-. The molecule has 30 heavy (non-hydrogen) atoms. The van der Waals surface area contributed by atoms with Gasteiger partial charge in [0.1, 0.15) is 6.61 Å². The number of halogens is 3. The van der Waals surface area contributed by atoms with E-state index in [1.165, 1.54) is 0 Å². The molecule has 0 heterocycles. The Hall–Kier alpha value is -1.77. The smallest absolute Gasteiger partial charge is 0.175 e. The van der Waals surface area contributed by atoms with Crippen LogP contribution < -0.4 is 14.9 Å². The Balaban J connectivity index is 1.66. The molecule has 0 radical (unpaired) electrons. The average molecular weight is 600 g/mol. The molecule has 0 unspecified atom stereocenters. The minimum atomic E-state index is 0.472. The van der Waals surface area contributed by atoms with E-state index >= 15 is 0 Å². The molecule has 0 aliphatic rings. The summed E-state index contributed by atoms with van der Waals surface area (Å²) >= 11 is 11.6. The van der Waals surface area contributed by atoms with Crippen molar-refractivity contribution in [1.82, 2.24) is 5.43 Å². The van der Waals surface area contributed by atoms with Crippen molar-refractivity contribution in [3.05, 3.63) is 90.4 Å². The second kappa shape index (κ2) is 11.6. The van der Waals surface area contributed by atoms with Crippen molar-refractivity contribution in [2.45, 2.75) is 20.1 Å². The van der Waals surface area contributed by atoms with Crippen LogP contribution in [0.25, 0.3) is 0 Å². The van der Waals surface area contributed by atoms with Crippen molar-refractivity contribution < 1.29 is 9.47 Å². The van der Waals surface area contributed by atoms with Gasteiger partial charge in [-0.25, -0.2) is 0 Å². The number of rotatable bonds is 9. The van der Waals surface area contributed by atoms with Crippen LogP contribution in [-0.2, 0) is 13.2 Å². The maximum absolute atomic E-state index is 6.08. The molecular formula is C23H21BrClIN2O2. The summed E-state index contributed by atoms with van der Waals surface area (Å²) < 4.78 is 13.9. The van der Waals surface area contributed by atoms with Crippen LogP contribution >= 0.6 is 50.1 Å². The minimum absolute atomic E-state index is 0.472. The fourth-order valence-electron chi connectivity index (χ4n) is 2.66. The summed E-state index contributed by atoms with van der Waals surface area (Å²) in [6, 6.07) is 19.7. The molecule has 0 fully saturated rings. The summed E-state index contributed by atoms with van der Waals surface area (Å²) in [6.07, 6.45) is 1.78. The highest BCUT2D eigenvalue weighted by Gasteiger charge is 2.12. The average Bonchev–Trinajstić information content (AvgIpc) is 2.73. The van der Waals surface area contributed by atoms with Crippen LogP contribution in [0.2, 0.25) is 5.02 Å². The zero-order chi connectivity index (χ0) is 21.3. The Labute approximate surface area is 203 Å². The first-order chi connectivity index (χ1) is 14.5. The lowest BCUT2D eigenvalue weighted by Gasteiger charge is -2.15. The third-order valence-corrected chi connectivity index (χ3v) is 5.71. The molecule has 0 spiro atoms. The Morgan fingerprint density at radius 3 is 2.43 bits per heavy atom. The van der Waals surface area contributed by atoms with Crippen LogP contribution in [-0.4, -0.2) is 12.8 Å². The summed E-state index contributed by atoms with van der Waals surface area (Å²) in [4.78, 5) is 0. The first kappa shape index (κ1) is 22.9. The van der Waals surface area contributed by atoms with E-state index in [4.69, 9.17) is 21.1 Å². The van der Waals surface area contributed by atoms with Gasteiger partial charge in [-0.1, -0.05) is 51.8 Å². The van der Waals surface area contributed by atoms with E-state index in [0.717, 1.165) is 35.5 Å². The molecule has 0 aliphatic heterocycles. The van der Waals surface area contributed by atoms with Gasteiger partial charge in [0.05, 0.1) is 22.9 Å². The zero-order valence-electron chi connectivity index (χ0n) is 16.4. The van der Waals surface area contributed by atoms with Gasteiger partial charge in [-0.3, -0.25) is 0 Å². The Morgan fingerprint density at radius 1 is 1.03 bits per heavy atom. The number of nitrogens with one attached hydrogen (secondary N) is 1. The van der Waals surface area contributed by atoms with Crippen molar-refractivity contribution in [3.8, 4) is 11.5 Å². The van der Waals surface area contributed by atoms with Crippen molar-refractivity contribution in [2.75, 3.05) is 6.61 Å². The molecule has 3 rings (SSSR count). The molecule has 0 amide bonds. The lowest BCUT2D eigenvalue weighted by Crippen LogP contribution is -2.06. The molecule has 4 nitrogen and oxygen atoms in total. The summed E-state index contributed by atoms with van der Waals surface area (Å²) in [5.74, 6) is 1.45. The largest absolute Gasteiger partial charge is 0.490 e. The predicted octanol–water partition coefficient (Wildman–Crippen LogP) is 6.81. The summed E-state index contributed by atoms with van der Waals surface area (Å²) in [6.45, 7) is 3.61. The van der Waals surface area contributed by atoms with Crippen molar-refractivity contribution in [2.24, 2.45) is 5.10 Å². The topological polar surface area (TPSA) is 42.8 Å². The van der Waals surface area contributed by atoms with Gasteiger partial charge in [-0.15, -0.1) is 0 Å². The molecular weight excluding hydrogens is 579 g/mol. The molecule has 0 saturated heterocycles. The van der Waals surface area contributed by atoms with Crippen molar-refractivity contribution >= 4 is 56.3 Å². The van der Waals surface area contributed by atoms with E-state index in [-0.39, 0.29) is 0 Å². The van der Waals surface area contributed by atoms with Crippen LogP contribution in [0, 0.1) is 3.57 Å². The van der Waals surface area contributed by atoms with Gasteiger partial charge < -0.3 is 14.9 Å². The quantitative estimate of drug-likeness (QED) is 0.167. The SMILES string of the molecule is CCOc1cc(/C=N\NCc2ccc(Cl)cc2)cc(I)c1OCc1ccc(Br)cc1. The molecule has 0 aliphatic carbocycles. The maximum atomic E-state index is 6.08. The molecule has 0 saturated carbocycles. The van der Waals surface area contributed by atoms with Gasteiger partial charge >= 0.3 is 0 Å². The lowest BCUT2D eigenvalue weighted by atomic mass is 10.2. The Kier molecular flexibility index (Phi) is 8.84. The number of hydrogen-bond donors (Lipinski definition) is 1. The van der Waals surface area contributed by atoms with Gasteiger partial charge in [0.15, 0.2) is 11.5 Å². The lowest BCUT2D eigenvalue weighted by molar-refractivity contribution is 0.267. The van der Waals surface area contributed by atoms with E-state index in [2.05, 4.69) is 49.0 Å². The van der Waals surface area contributed by atoms with Crippen LogP contribution in [0.3, 0.4) is 0 Å². The number of benzene rings is 3. The number of hydrogen-bond acceptors (Lipinski definition) is 4. The van der Waals surface area contributed by atoms with Gasteiger partial charge in [0.2, 0.25) is 0 Å².